The fourth-order valence-corrected chi connectivity index (χ4v) is 3.33. The highest BCUT2D eigenvalue weighted by Gasteiger charge is 2.02. The third kappa shape index (κ3) is 13.8. The summed E-state index contributed by atoms with van der Waals surface area (Å²) in [4.78, 5) is 11.7. The third-order valence-corrected chi connectivity index (χ3v) is 5.13. The van der Waals surface area contributed by atoms with E-state index in [0.29, 0.717) is 6.42 Å². The van der Waals surface area contributed by atoms with Crippen LogP contribution >= 0.6 is 0 Å². The number of phenols is 2. The number of carbonyl (C=O) groups excluding carboxylic acids is 1. The van der Waals surface area contributed by atoms with Crippen molar-refractivity contribution in [2.45, 2.75) is 96.8 Å². The first-order valence-corrected chi connectivity index (χ1v) is 11.5. The Hall–Kier alpha value is -1.97. The Morgan fingerprint density at radius 2 is 1.38 bits per heavy atom. The number of esters is 1. The first kappa shape index (κ1) is 25.1. The van der Waals surface area contributed by atoms with E-state index in [1.165, 1.54) is 82.8 Å². The van der Waals surface area contributed by atoms with Gasteiger partial charge in [-0.3, -0.25) is 4.79 Å². The van der Waals surface area contributed by atoms with Crippen LogP contribution in [-0.2, 0) is 9.53 Å². The van der Waals surface area contributed by atoms with Crippen LogP contribution in [0, 0.1) is 0 Å². The first-order chi connectivity index (χ1) is 14.1. The monoisotopic (exact) mass is 404 g/mol. The first-order valence-electron chi connectivity index (χ1n) is 11.5. The van der Waals surface area contributed by atoms with Crippen LogP contribution in [0.3, 0.4) is 0 Å². The van der Waals surface area contributed by atoms with Crippen LogP contribution in [0.5, 0.6) is 11.5 Å². The molecule has 0 atom stereocenters. The summed E-state index contributed by atoms with van der Waals surface area (Å²) in [6.07, 6.45) is 20.7. The van der Waals surface area contributed by atoms with Crippen LogP contribution in [0.2, 0.25) is 0 Å². The predicted octanol–water partition coefficient (Wildman–Crippen LogP) is 7.14. The minimum atomic E-state index is -0.161. The molecular formula is C25H40O4. The Balaban J connectivity index is 1.90. The quantitative estimate of drug-likeness (QED) is 0.164. The average Bonchev–Trinajstić information content (AvgIpc) is 2.71. The maximum Gasteiger partial charge on any atom is 0.306 e. The fourth-order valence-electron chi connectivity index (χ4n) is 3.33. The Morgan fingerprint density at radius 1 is 0.828 bits per heavy atom. The molecule has 164 valence electrons. The molecule has 2 N–H and O–H groups in total. The molecule has 0 aliphatic carbocycles. The van der Waals surface area contributed by atoms with Gasteiger partial charge in [-0.1, -0.05) is 96.1 Å². The van der Waals surface area contributed by atoms with Crippen molar-refractivity contribution in [3.05, 3.63) is 29.8 Å². The normalized spacial score (nSPS) is 11.2. The van der Waals surface area contributed by atoms with Gasteiger partial charge in [0.25, 0.3) is 0 Å². The molecule has 1 rings (SSSR count). The van der Waals surface area contributed by atoms with E-state index in [1.54, 1.807) is 18.2 Å². The van der Waals surface area contributed by atoms with Gasteiger partial charge in [-0.2, -0.15) is 0 Å². The molecule has 0 aromatic heterocycles. The zero-order chi connectivity index (χ0) is 21.2. The van der Waals surface area contributed by atoms with Gasteiger partial charge in [0, 0.05) is 6.42 Å². The molecule has 0 heterocycles. The van der Waals surface area contributed by atoms with Gasteiger partial charge in [0.1, 0.15) is 6.61 Å². The van der Waals surface area contributed by atoms with Crippen LogP contribution in [0.4, 0.5) is 0 Å². The van der Waals surface area contributed by atoms with E-state index < -0.39 is 0 Å². The van der Waals surface area contributed by atoms with E-state index in [4.69, 9.17) is 4.74 Å². The topological polar surface area (TPSA) is 66.8 Å². The molecule has 0 fully saturated rings. The molecule has 29 heavy (non-hydrogen) atoms. The van der Waals surface area contributed by atoms with Crippen LogP contribution < -0.4 is 0 Å². The van der Waals surface area contributed by atoms with Crippen LogP contribution in [0.15, 0.2) is 24.3 Å². The van der Waals surface area contributed by atoms with Crippen molar-refractivity contribution in [1.82, 2.24) is 0 Å². The second kappa shape index (κ2) is 16.9. The van der Waals surface area contributed by atoms with Crippen molar-refractivity contribution in [3.8, 4) is 11.5 Å². The van der Waals surface area contributed by atoms with Crippen molar-refractivity contribution in [1.29, 1.82) is 0 Å². The number of rotatable bonds is 17. The van der Waals surface area contributed by atoms with Gasteiger partial charge in [-0.15, -0.1) is 0 Å². The molecule has 4 heteroatoms. The number of phenolic OH excluding ortho intramolecular Hbond substituents is 2. The number of unbranched alkanes of at least 4 members (excludes halogenated alkanes) is 12. The van der Waals surface area contributed by atoms with Crippen LogP contribution in [0.1, 0.15) is 102 Å². The molecule has 4 nitrogen and oxygen atoms in total. The summed E-state index contributed by atoms with van der Waals surface area (Å²) in [6.45, 7) is 2.48. The van der Waals surface area contributed by atoms with Gasteiger partial charge < -0.3 is 14.9 Å². The maximum atomic E-state index is 11.7. The Bertz CT molecular complexity index is 580. The number of hydrogen-bond donors (Lipinski definition) is 2. The highest BCUT2D eigenvalue weighted by atomic mass is 16.5. The van der Waals surface area contributed by atoms with E-state index in [0.717, 1.165) is 18.4 Å². The molecule has 0 unspecified atom stereocenters. The number of carbonyl (C=O) groups is 1. The summed E-state index contributed by atoms with van der Waals surface area (Å²) >= 11 is 0. The lowest BCUT2D eigenvalue weighted by atomic mass is 10.0. The number of hydrogen-bond acceptors (Lipinski definition) is 4. The summed E-state index contributed by atoms with van der Waals surface area (Å²) in [6, 6.07) is 4.57. The van der Waals surface area contributed by atoms with Gasteiger partial charge in [-0.25, -0.2) is 0 Å². The number of aromatic hydroxyl groups is 2. The SMILES string of the molecule is CCCCCCCCCCCCCCCC(=O)OC/C=C/c1ccc(O)c(O)c1. The summed E-state index contributed by atoms with van der Waals surface area (Å²) in [5.74, 6) is -0.468. The smallest absolute Gasteiger partial charge is 0.306 e. The summed E-state index contributed by atoms with van der Waals surface area (Å²) in [7, 11) is 0. The fraction of sp³-hybridized carbons (Fsp3) is 0.640. The predicted molar refractivity (Wildman–Crippen MR) is 120 cm³/mol. The molecule has 0 saturated heterocycles. The zero-order valence-corrected chi connectivity index (χ0v) is 18.2. The van der Waals surface area contributed by atoms with E-state index in [1.807, 2.05) is 0 Å². The summed E-state index contributed by atoms with van der Waals surface area (Å²) < 4.78 is 5.19. The van der Waals surface area contributed by atoms with E-state index in [9.17, 15) is 15.0 Å². The van der Waals surface area contributed by atoms with Gasteiger partial charge >= 0.3 is 5.97 Å². The zero-order valence-electron chi connectivity index (χ0n) is 18.2. The molecule has 0 saturated carbocycles. The van der Waals surface area contributed by atoms with Gasteiger partial charge in [0.15, 0.2) is 11.5 Å². The lowest BCUT2D eigenvalue weighted by Crippen LogP contribution is -2.03. The molecule has 1 aromatic carbocycles. The van der Waals surface area contributed by atoms with Crippen molar-refractivity contribution < 1.29 is 19.7 Å². The molecule has 1 aromatic rings. The van der Waals surface area contributed by atoms with Gasteiger partial charge in [0.05, 0.1) is 0 Å². The number of ether oxygens (including phenoxy) is 1. The van der Waals surface area contributed by atoms with Crippen molar-refractivity contribution in [2.75, 3.05) is 6.61 Å². The van der Waals surface area contributed by atoms with Crippen molar-refractivity contribution in [2.24, 2.45) is 0 Å². The standard InChI is InChI=1S/C25H40O4/c1-2-3-4-5-6-7-8-9-10-11-12-13-14-17-25(28)29-20-15-16-22-18-19-23(26)24(27)21-22/h15-16,18-19,21,26-27H,2-14,17,20H2,1H3/b16-15+. The van der Waals surface area contributed by atoms with Crippen molar-refractivity contribution in [3.63, 3.8) is 0 Å². The molecule has 0 aliphatic heterocycles. The van der Waals surface area contributed by atoms with E-state index >= 15 is 0 Å². The molecule has 0 bridgehead atoms. The maximum absolute atomic E-state index is 11.7. The molecule has 0 aliphatic rings. The van der Waals surface area contributed by atoms with Crippen LogP contribution in [0.25, 0.3) is 6.08 Å². The Kier molecular flexibility index (Phi) is 14.6. The lowest BCUT2D eigenvalue weighted by molar-refractivity contribution is -0.142. The number of benzene rings is 1. The van der Waals surface area contributed by atoms with E-state index in [-0.39, 0.29) is 24.1 Å². The average molecular weight is 405 g/mol. The molecule has 0 spiro atoms. The van der Waals surface area contributed by atoms with Gasteiger partial charge in [-0.05, 0) is 30.2 Å². The highest BCUT2D eigenvalue weighted by Crippen LogP contribution is 2.25. The minimum Gasteiger partial charge on any atom is -0.504 e. The summed E-state index contributed by atoms with van der Waals surface area (Å²) in [5.41, 5.74) is 0.743. The highest BCUT2D eigenvalue weighted by molar-refractivity contribution is 5.69. The minimum absolute atomic E-state index is 0.147. The molecule has 0 radical (unpaired) electrons. The van der Waals surface area contributed by atoms with Crippen molar-refractivity contribution >= 4 is 12.0 Å². The summed E-state index contributed by atoms with van der Waals surface area (Å²) in [5, 5.41) is 18.7. The third-order valence-electron chi connectivity index (χ3n) is 5.13. The Labute approximate surface area is 177 Å². The van der Waals surface area contributed by atoms with Crippen LogP contribution in [-0.4, -0.2) is 22.8 Å². The second-order valence-electron chi connectivity index (χ2n) is 7.83. The molecular weight excluding hydrogens is 364 g/mol. The lowest BCUT2D eigenvalue weighted by Gasteiger charge is -2.04. The Morgan fingerprint density at radius 3 is 1.93 bits per heavy atom. The van der Waals surface area contributed by atoms with E-state index in [2.05, 4.69) is 6.92 Å². The molecule has 0 amide bonds. The second-order valence-corrected chi connectivity index (χ2v) is 7.83. The largest absolute Gasteiger partial charge is 0.504 e. The van der Waals surface area contributed by atoms with Gasteiger partial charge in [0.2, 0.25) is 0 Å².